The molecule has 1 aromatic heterocycles. The Bertz CT molecular complexity index is 470. The highest BCUT2D eigenvalue weighted by Gasteiger charge is 2.30. The molecular weight excluding hydrogens is 280 g/mol. The molecule has 1 unspecified atom stereocenters. The molecule has 1 aromatic rings. The molecule has 0 bridgehead atoms. The normalized spacial score (nSPS) is 19.0. The lowest BCUT2D eigenvalue weighted by Gasteiger charge is -2.24. The number of carbonyl (C=O) groups is 1. The summed E-state index contributed by atoms with van der Waals surface area (Å²) in [6.45, 7) is 6.71. The molecule has 0 aliphatic carbocycles. The van der Waals surface area contributed by atoms with Crippen LogP contribution >= 0.6 is 11.6 Å². The number of hydrogen-bond donors (Lipinski definition) is 0. The molecule has 1 fully saturated rings. The van der Waals surface area contributed by atoms with Gasteiger partial charge < -0.3 is 14.4 Å². The number of aromatic nitrogens is 1. The van der Waals surface area contributed by atoms with Gasteiger partial charge in [-0.3, -0.25) is 0 Å². The summed E-state index contributed by atoms with van der Waals surface area (Å²) in [5.41, 5.74) is -0.478. The van der Waals surface area contributed by atoms with Gasteiger partial charge in [0.2, 0.25) is 5.88 Å². The Hall–Kier alpha value is -1.49. The molecule has 1 aliphatic heterocycles. The van der Waals surface area contributed by atoms with E-state index in [1.165, 1.54) is 6.20 Å². The van der Waals surface area contributed by atoms with Crippen molar-refractivity contribution in [2.45, 2.75) is 38.9 Å². The maximum Gasteiger partial charge on any atom is 0.410 e. The lowest BCUT2D eigenvalue weighted by molar-refractivity contribution is 0.0275. The van der Waals surface area contributed by atoms with E-state index in [1.54, 1.807) is 17.0 Å². The van der Waals surface area contributed by atoms with Crippen LogP contribution in [-0.2, 0) is 4.74 Å². The zero-order chi connectivity index (χ0) is 14.8. The summed E-state index contributed by atoms with van der Waals surface area (Å²) in [5, 5.41) is 0.569. The summed E-state index contributed by atoms with van der Waals surface area (Å²) >= 11 is 5.77. The quantitative estimate of drug-likeness (QED) is 0.842. The van der Waals surface area contributed by atoms with Crippen molar-refractivity contribution in [2.75, 3.05) is 13.1 Å². The van der Waals surface area contributed by atoms with Gasteiger partial charge in [0.25, 0.3) is 0 Å². The molecule has 110 valence electrons. The van der Waals surface area contributed by atoms with E-state index in [4.69, 9.17) is 21.1 Å². The molecule has 0 N–H and O–H groups in total. The third kappa shape index (κ3) is 4.27. The van der Waals surface area contributed by atoms with Crippen molar-refractivity contribution in [3.63, 3.8) is 0 Å². The van der Waals surface area contributed by atoms with Crippen LogP contribution in [0.15, 0.2) is 18.3 Å². The fourth-order valence-corrected chi connectivity index (χ4v) is 2.03. The number of rotatable bonds is 2. The molecule has 0 spiro atoms. The van der Waals surface area contributed by atoms with E-state index in [0.29, 0.717) is 24.0 Å². The first kappa shape index (κ1) is 14.9. The van der Waals surface area contributed by atoms with E-state index in [2.05, 4.69) is 4.98 Å². The lowest BCUT2D eigenvalue weighted by atomic mass is 10.2. The van der Waals surface area contributed by atoms with Crippen LogP contribution in [0.2, 0.25) is 5.02 Å². The van der Waals surface area contributed by atoms with E-state index < -0.39 is 5.60 Å². The number of halogens is 1. The second-order valence-corrected chi connectivity index (χ2v) is 6.21. The summed E-state index contributed by atoms with van der Waals surface area (Å²) < 4.78 is 11.1. The number of likely N-dealkylation sites (tertiary alicyclic amines) is 1. The SMILES string of the molecule is CC(C)(C)OC(=O)N1CCC(Oc2ccc(Cl)cn2)C1. The average molecular weight is 299 g/mol. The molecule has 2 rings (SSSR count). The van der Waals surface area contributed by atoms with Gasteiger partial charge in [0, 0.05) is 25.2 Å². The minimum atomic E-state index is -0.478. The van der Waals surface area contributed by atoms with E-state index >= 15 is 0 Å². The summed E-state index contributed by atoms with van der Waals surface area (Å²) in [6.07, 6.45) is 1.95. The second kappa shape index (κ2) is 5.87. The molecule has 1 aliphatic rings. The van der Waals surface area contributed by atoms with Crippen molar-refractivity contribution in [1.29, 1.82) is 0 Å². The van der Waals surface area contributed by atoms with Crippen LogP contribution in [0.1, 0.15) is 27.2 Å². The van der Waals surface area contributed by atoms with Crippen molar-refractivity contribution in [2.24, 2.45) is 0 Å². The van der Waals surface area contributed by atoms with Crippen molar-refractivity contribution in [3.05, 3.63) is 23.4 Å². The molecule has 1 amide bonds. The van der Waals surface area contributed by atoms with Gasteiger partial charge in [-0.2, -0.15) is 0 Å². The topological polar surface area (TPSA) is 51.7 Å². The van der Waals surface area contributed by atoms with Crippen LogP contribution in [0.3, 0.4) is 0 Å². The first-order valence-corrected chi connectivity index (χ1v) is 6.97. The molecule has 20 heavy (non-hydrogen) atoms. The molecule has 0 radical (unpaired) electrons. The van der Waals surface area contributed by atoms with E-state index in [1.807, 2.05) is 20.8 Å². The van der Waals surface area contributed by atoms with Crippen LogP contribution in [0, 0.1) is 0 Å². The van der Waals surface area contributed by atoms with Gasteiger partial charge in [-0.1, -0.05) is 11.6 Å². The minimum Gasteiger partial charge on any atom is -0.472 e. The van der Waals surface area contributed by atoms with Gasteiger partial charge in [0.15, 0.2) is 0 Å². The Labute approximate surface area is 123 Å². The first-order valence-electron chi connectivity index (χ1n) is 6.59. The van der Waals surface area contributed by atoms with Crippen LogP contribution in [0.5, 0.6) is 5.88 Å². The third-order valence-corrected chi connectivity index (χ3v) is 3.01. The number of nitrogens with zero attached hydrogens (tertiary/aromatic N) is 2. The Morgan fingerprint density at radius 3 is 2.80 bits per heavy atom. The Kier molecular flexibility index (Phi) is 4.38. The predicted octanol–water partition coefficient (Wildman–Crippen LogP) is 3.12. The minimum absolute atomic E-state index is 0.0591. The lowest BCUT2D eigenvalue weighted by Crippen LogP contribution is -2.36. The van der Waals surface area contributed by atoms with Gasteiger partial charge in [0.05, 0.1) is 11.6 Å². The number of amides is 1. The Balaban J connectivity index is 1.86. The summed E-state index contributed by atoms with van der Waals surface area (Å²) in [4.78, 5) is 17.7. The monoisotopic (exact) mass is 298 g/mol. The summed E-state index contributed by atoms with van der Waals surface area (Å²) in [5.74, 6) is 0.519. The fourth-order valence-electron chi connectivity index (χ4n) is 1.92. The number of pyridine rings is 1. The summed E-state index contributed by atoms with van der Waals surface area (Å²) in [7, 11) is 0. The van der Waals surface area contributed by atoms with E-state index in [9.17, 15) is 4.79 Å². The zero-order valence-corrected chi connectivity index (χ0v) is 12.7. The van der Waals surface area contributed by atoms with Gasteiger partial charge in [0.1, 0.15) is 11.7 Å². The van der Waals surface area contributed by atoms with E-state index in [0.717, 1.165) is 6.42 Å². The molecule has 0 aromatic carbocycles. The number of carbonyl (C=O) groups excluding carboxylic acids is 1. The number of ether oxygens (including phenoxy) is 2. The predicted molar refractivity (Wildman–Crippen MR) is 76.1 cm³/mol. The Morgan fingerprint density at radius 1 is 1.45 bits per heavy atom. The van der Waals surface area contributed by atoms with Crippen LogP contribution in [0.25, 0.3) is 0 Å². The molecule has 5 nitrogen and oxygen atoms in total. The van der Waals surface area contributed by atoms with Gasteiger partial charge >= 0.3 is 6.09 Å². The number of hydrogen-bond acceptors (Lipinski definition) is 4. The van der Waals surface area contributed by atoms with Crippen LogP contribution in [-0.4, -0.2) is 40.8 Å². The molecule has 0 saturated carbocycles. The highest BCUT2D eigenvalue weighted by Crippen LogP contribution is 2.20. The maximum atomic E-state index is 11.9. The van der Waals surface area contributed by atoms with Gasteiger partial charge in [-0.25, -0.2) is 9.78 Å². The van der Waals surface area contributed by atoms with Gasteiger partial charge in [-0.05, 0) is 26.8 Å². The standard InChI is InChI=1S/C14H19ClN2O3/c1-14(2,3)20-13(18)17-7-6-11(9-17)19-12-5-4-10(15)8-16-12/h4-5,8,11H,6-7,9H2,1-3H3. The fraction of sp³-hybridized carbons (Fsp3) is 0.571. The molecule has 1 atom stereocenters. The maximum absolute atomic E-state index is 11.9. The second-order valence-electron chi connectivity index (χ2n) is 5.77. The van der Waals surface area contributed by atoms with Crippen molar-refractivity contribution >= 4 is 17.7 Å². The zero-order valence-electron chi connectivity index (χ0n) is 11.9. The average Bonchev–Trinajstić information content (AvgIpc) is 2.79. The Morgan fingerprint density at radius 2 is 2.20 bits per heavy atom. The molecular formula is C14H19ClN2O3. The van der Waals surface area contributed by atoms with E-state index in [-0.39, 0.29) is 12.2 Å². The molecule has 2 heterocycles. The smallest absolute Gasteiger partial charge is 0.410 e. The van der Waals surface area contributed by atoms with Crippen molar-refractivity contribution < 1.29 is 14.3 Å². The summed E-state index contributed by atoms with van der Waals surface area (Å²) in [6, 6.07) is 3.45. The highest BCUT2D eigenvalue weighted by atomic mass is 35.5. The van der Waals surface area contributed by atoms with Gasteiger partial charge in [-0.15, -0.1) is 0 Å². The molecule has 1 saturated heterocycles. The molecule has 6 heteroatoms. The van der Waals surface area contributed by atoms with Crippen LogP contribution in [0.4, 0.5) is 4.79 Å². The largest absolute Gasteiger partial charge is 0.472 e. The first-order chi connectivity index (χ1) is 9.33. The van der Waals surface area contributed by atoms with Crippen LogP contribution < -0.4 is 4.74 Å². The third-order valence-electron chi connectivity index (χ3n) is 2.78. The highest BCUT2D eigenvalue weighted by molar-refractivity contribution is 6.30. The van der Waals surface area contributed by atoms with Crippen molar-refractivity contribution in [3.8, 4) is 5.88 Å². The van der Waals surface area contributed by atoms with Crippen molar-refractivity contribution in [1.82, 2.24) is 9.88 Å².